The third kappa shape index (κ3) is 2.18. The predicted octanol–water partition coefficient (Wildman–Crippen LogP) is 2.34. The number of rotatable bonds is 2. The second kappa shape index (κ2) is 5.04. The van der Waals surface area contributed by atoms with E-state index in [0.717, 1.165) is 13.1 Å². The van der Waals surface area contributed by atoms with Gasteiger partial charge in [0.25, 0.3) is 0 Å². The molecule has 1 unspecified atom stereocenters. The van der Waals surface area contributed by atoms with Crippen LogP contribution in [0.3, 0.4) is 0 Å². The molecule has 1 aliphatic heterocycles. The molecule has 1 amide bonds. The van der Waals surface area contributed by atoms with Crippen molar-refractivity contribution in [2.24, 2.45) is 0 Å². The standard InChI is InChI=1S/C16H18N2O2/c1-12-14-6-4-8-17(14)9-10-18(12)16(20)11-13-5-2-3-7-15(13)19/h2-8,12,19H,9-11H2,1H3. The molecule has 0 saturated heterocycles. The van der Waals surface area contributed by atoms with Gasteiger partial charge in [-0.25, -0.2) is 0 Å². The van der Waals surface area contributed by atoms with Crippen molar-refractivity contribution in [2.75, 3.05) is 6.54 Å². The molecule has 1 atom stereocenters. The van der Waals surface area contributed by atoms with Crippen LogP contribution >= 0.6 is 0 Å². The minimum atomic E-state index is 0.0615. The second-order valence-corrected chi connectivity index (χ2v) is 5.20. The number of aromatic hydroxyl groups is 1. The van der Waals surface area contributed by atoms with Gasteiger partial charge in [-0.3, -0.25) is 4.79 Å². The molecule has 2 aromatic rings. The van der Waals surface area contributed by atoms with Gasteiger partial charge in [0.05, 0.1) is 12.5 Å². The van der Waals surface area contributed by atoms with Gasteiger partial charge in [-0.05, 0) is 25.1 Å². The Balaban J connectivity index is 1.77. The lowest BCUT2D eigenvalue weighted by atomic mass is 10.1. The molecule has 0 aliphatic carbocycles. The molecule has 0 fully saturated rings. The summed E-state index contributed by atoms with van der Waals surface area (Å²) in [6.07, 6.45) is 2.30. The van der Waals surface area contributed by atoms with Crippen molar-refractivity contribution in [3.05, 3.63) is 53.9 Å². The number of hydrogen-bond acceptors (Lipinski definition) is 2. The molecule has 3 rings (SSSR count). The van der Waals surface area contributed by atoms with E-state index in [2.05, 4.69) is 16.8 Å². The fraction of sp³-hybridized carbons (Fsp3) is 0.312. The van der Waals surface area contributed by atoms with Crippen molar-refractivity contribution in [1.29, 1.82) is 0 Å². The molecule has 0 spiro atoms. The molecule has 1 aliphatic rings. The van der Waals surface area contributed by atoms with Gasteiger partial charge in [-0.2, -0.15) is 0 Å². The maximum absolute atomic E-state index is 12.5. The number of nitrogens with zero attached hydrogens (tertiary/aromatic N) is 2. The minimum absolute atomic E-state index is 0.0615. The van der Waals surface area contributed by atoms with Gasteiger partial charge in [0.2, 0.25) is 5.91 Å². The van der Waals surface area contributed by atoms with E-state index in [1.54, 1.807) is 18.2 Å². The fourth-order valence-corrected chi connectivity index (χ4v) is 2.84. The summed E-state index contributed by atoms with van der Waals surface area (Å²) in [5.41, 5.74) is 1.85. The Morgan fingerprint density at radius 3 is 2.85 bits per heavy atom. The highest BCUT2D eigenvalue weighted by Gasteiger charge is 2.27. The number of carbonyl (C=O) groups is 1. The average molecular weight is 270 g/mol. The number of fused-ring (bicyclic) bond motifs is 1. The number of hydrogen-bond donors (Lipinski definition) is 1. The van der Waals surface area contributed by atoms with Crippen LogP contribution in [0.4, 0.5) is 0 Å². The van der Waals surface area contributed by atoms with Crippen LogP contribution in [0, 0.1) is 0 Å². The van der Waals surface area contributed by atoms with Crippen LogP contribution in [0.5, 0.6) is 5.75 Å². The summed E-state index contributed by atoms with van der Waals surface area (Å²) in [5.74, 6) is 0.250. The minimum Gasteiger partial charge on any atom is -0.508 e. The lowest BCUT2D eigenvalue weighted by Gasteiger charge is -2.35. The molecule has 2 heterocycles. The third-order valence-electron chi connectivity index (χ3n) is 4.00. The fourth-order valence-electron chi connectivity index (χ4n) is 2.84. The van der Waals surface area contributed by atoms with Crippen molar-refractivity contribution >= 4 is 5.91 Å². The number of phenolic OH excluding ortho intramolecular Hbond substituents is 1. The summed E-state index contributed by atoms with van der Waals surface area (Å²) in [6, 6.07) is 11.2. The second-order valence-electron chi connectivity index (χ2n) is 5.20. The molecule has 20 heavy (non-hydrogen) atoms. The van der Waals surface area contributed by atoms with Crippen LogP contribution < -0.4 is 0 Å². The molecule has 1 aromatic heterocycles. The number of amides is 1. The molecular formula is C16H18N2O2. The largest absolute Gasteiger partial charge is 0.508 e. The van der Waals surface area contributed by atoms with Crippen LogP contribution in [0.25, 0.3) is 0 Å². The van der Waals surface area contributed by atoms with E-state index in [4.69, 9.17) is 0 Å². The first-order chi connectivity index (χ1) is 9.66. The van der Waals surface area contributed by atoms with Gasteiger partial charge in [0.1, 0.15) is 5.75 Å². The highest BCUT2D eigenvalue weighted by atomic mass is 16.3. The molecular weight excluding hydrogens is 252 g/mol. The first kappa shape index (κ1) is 12.8. The monoisotopic (exact) mass is 270 g/mol. The molecule has 0 saturated carbocycles. The smallest absolute Gasteiger partial charge is 0.227 e. The lowest BCUT2D eigenvalue weighted by molar-refractivity contribution is -0.133. The molecule has 1 aromatic carbocycles. The third-order valence-corrected chi connectivity index (χ3v) is 4.00. The zero-order valence-corrected chi connectivity index (χ0v) is 11.5. The number of benzene rings is 1. The Hall–Kier alpha value is -2.23. The SMILES string of the molecule is CC1c2cccn2CCN1C(=O)Cc1ccccc1O. The Kier molecular flexibility index (Phi) is 3.22. The van der Waals surface area contributed by atoms with Crippen LogP contribution in [0.1, 0.15) is 24.2 Å². The van der Waals surface area contributed by atoms with Crippen molar-refractivity contribution in [3.8, 4) is 5.75 Å². The topological polar surface area (TPSA) is 45.5 Å². The van der Waals surface area contributed by atoms with Gasteiger partial charge in [-0.1, -0.05) is 18.2 Å². The number of aromatic nitrogens is 1. The summed E-state index contributed by atoms with van der Waals surface area (Å²) < 4.78 is 2.19. The first-order valence-corrected chi connectivity index (χ1v) is 6.88. The van der Waals surface area contributed by atoms with Crippen LogP contribution in [-0.4, -0.2) is 27.0 Å². The Bertz CT molecular complexity index is 633. The van der Waals surface area contributed by atoms with E-state index in [9.17, 15) is 9.90 Å². The number of para-hydroxylation sites is 1. The van der Waals surface area contributed by atoms with Gasteiger partial charge in [-0.15, -0.1) is 0 Å². The highest BCUT2D eigenvalue weighted by Crippen LogP contribution is 2.26. The van der Waals surface area contributed by atoms with Crippen molar-refractivity contribution in [1.82, 2.24) is 9.47 Å². The van der Waals surface area contributed by atoms with Crippen molar-refractivity contribution < 1.29 is 9.90 Å². The van der Waals surface area contributed by atoms with E-state index in [0.29, 0.717) is 5.56 Å². The van der Waals surface area contributed by atoms with Crippen molar-refractivity contribution in [2.45, 2.75) is 25.9 Å². The molecule has 104 valence electrons. The van der Waals surface area contributed by atoms with E-state index in [-0.39, 0.29) is 24.1 Å². The van der Waals surface area contributed by atoms with Gasteiger partial charge < -0.3 is 14.6 Å². The average Bonchev–Trinajstić information content (AvgIpc) is 2.91. The number of carbonyl (C=O) groups excluding carboxylic acids is 1. The van der Waals surface area contributed by atoms with Crippen molar-refractivity contribution in [3.63, 3.8) is 0 Å². The molecule has 4 nitrogen and oxygen atoms in total. The summed E-state index contributed by atoms with van der Waals surface area (Å²) in [5, 5.41) is 9.77. The van der Waals surface area contributed by atoms with E-state index < -0.39 is 0 Å². The maximum Gasteiger partial charge on any atom is 0.227 e. The van der Waals surface area contributed by atoms with Crippen LogP contribution in [0.15, 0.2) is 42.6 Å². The van der Waals surface area contributed by atoms with Gasteiger partial charge in [0.15, 0.2) is 0 Å². The summed E-state index contributed by atoms with van der Waals surface area (Å²) in [6.45, 7) is 3.60. The lowest BCUT2D eigenvalue weighted by Crippen LogP contribution is -2.41. The Morgan fingerprint density at radius 2 is 2.05 bits per heavy atom. The molecule has 0 bridgehead atoms. The van der Waals surface area contributed by atoms with Gasteiger partial charge >= 0.3 is 0 Å². The summed E-state index contributed by atoms with van der Waals surface area (Å²) in [4.78, 5) is 14.4. The quantitative estimate of drug-likeness (QED) is 0.910. The highest BCUT2D eigenvalue weighted by molar-refractivity contribution is 5.80. The van der Waals surface area contributed by atoms with E-state index >= 15 is 0 Å². The van der Waals surface area contributed by atoms with Crippen LogP contribution in [0.2, 0.25) is 0 Å². The molecule has 0 radical (unpaired) electrons. The van der Waals surface area contributed by atoms with Crippen LogP contribution in [-0.2, 0) is 17.8 Å². The zero-order chi connectivity index (χ0) is 14.1. The number of phenols is 1. The normalized spacial score (nSPS) is 17.9. The molecule has 4 heteroatoms. The van der Waals surface area contributed by atoms with E-state index in [1.807, 2.05) is 24.0 Å². The first-order valence-electron chi connectivity index (χ1n) is 6.88. The molecule has 1 N–H and O–H groups in total. The predicted molar refractivity (Wildman–Crippen MR) is 76.4 cm³/mol. The Labute approximate surface area is 118 Å². The summed E-state index contributed by atoms with van der Waals surface area (Å²) >= 11 is 0. The summed E-state index contributed by atoms with van der Waals surface area (Å²) in [7, 11) is 0. The van der Waals surface area contributed by atoms with E-state index in [1.165, 1.54) is 5.69 Å². The maximum atomic E-state index is 12.5. The Morgan fingerprint density at radius 1 is 1.25 bits per heavy atom. The van der Waals surface area contributed by atoms with Gasteiger partial charge in [0, 0.05) is 30.5 Å². The zero-order valence-electron chi connectivity index (χ0n) is 11.5.